The van der Waals surface area contributed by atoms with Crippen LogP contribution in [0.1, 0.15) is 29.5 Å². The number of piperidine rings is 1. The number of carbonyl (C=O) groups is 2. The van der Waals surface area contributed by atoms with Gasteiger partial charge in [-0.1, -0.05) is 48.5 Å². The standard InChI is InChI=1S/C24H27N5O3/c1-17-15-29(16-19-9-5-6-11-25-19)12-10-20(17)27-23(30)14-26-24(31)21-13-22(32-28-21)18-7-3-2-4-8-18/h2-9,11,13,17,20H,10,12,14-16H2,1H3,(H,26,31)(H,27,30). The highest BCUT2D eigenvalue weighted by Crippen LogP contribution is 2.20. The number of rotatable bonds is 7. The van der Waals surface area contributed by atoms with E-state index in [0.29, 0.717) is 11.7 Å². The van der Waals surface area contributed by atoms with Crippen LogP contribution in [0.25, 0.3) is 11.3 Å². The fourth-order valence-electron chi connectivity index (χ4n) is 3.94. The van der Waals surface area contributed by atoms with Crippen LogP contribution in [-0.4, -0.2) is 52.5 Å². The molecule has 0 spiro atoms. The molecule has 1 aliphatic heterocycles. The van der Waals surface area contributed by atoms with Crippen molar-refractivity contribution in [2.75, 3.05) is 19.6 Å². The molecular formula is C24H27N5O3. The Labute approximate surface area is 187 Å². The van der Waals surface area contributed by atoms with Crippen molar-refractivity contribution in [3.05, 3.63) is 72.2 Å². The van der Waals surface area contributed by atoms with Crippen molar-refractivity contribution in [1.29, 1.82) is 0 Å². The molecule has 3 heterocycles. The van der Waals surface area contributed by atoms with E-state index in [2.05, 4.69) is 32.6 Å². The van der Waals surface area contributed by atoms with Gasteiger partial charge in [0.05, 0.1) is 12.2 Å². The first kappa shape index (κ1) is 21.7. The number of likely N-dealkylation sites (tertiary alicyclic amines) is 1. The van der Waals surface area contributed by atoms with Crippen molar-refractivity contribution in [2.24, 2.45) is 5.92 Å². The van der Waals surface area contributed by atoms with Crippen LogP contribution in [0.2, 0.25) is 0 Å². The molecule has 0 saturated carbocycles. The average Bonchev–Trinajstić information content (AvgIpc) is 3.31. The number of pyridine rings is 1. The smallest absolute Gasteiger partial charge is 0.273 e. The van der Waals surface area contributed by atoms with Gasteiger partial charge in [0.1, 0.15) is 0 Å². The molecule has 0 aliphatic carbocycles. The normalized spacial score (nSPS) is 18.8. The molecule has 0 bridgehead atoms. The predicted molar refractivity (Wildman–Crippen MR) is 119 cm³/mol. The van der Waals surface area contributed by atoms with Gasteiger partial charge in [0.2, 0.25) is 5.91 Å². The number of amides is 2. The van der Waals surface area contributed by atoms with Gasteiger partial charge in [-0.3, -0.25) is 19.5 Å². The van der Waals surface area contributed by atoms with Crippen LogP contribution in [-0.2, 0) is 11.3 Å². The maximum Gasteiger partial charge on any atom is 0.273 e. The van der Waals surface area contributed by atoms with Crippen molar-refractivity contribution in [1.82, 2.24) is 25.7 Å². The summed E-state index contributed by atoms with van der Waals surface area (Å²) in [6.07, 6.45) is 2.67. The summed E-state index contributed by atoms with van der Waals surface area (Å²) in [6, 6.07) is 17.0. The monoisotopic (exact) mass is 433 g/mol. The number of aromatic nitrogens is 2. The fraction of sp³-hybridized carbons (Fsp3) is 0.333. The van der Waals surface area contributed by atoms with Gasteiger partial charge in [-0.15, -0.1) is 0 Å². The summed E-state index contributed by atoms with van der Waals surface area (Å²) in [5.74, 6) is 0.159. The van der Waals surface area contributed by atoms with Crippen LogP contribution in [0, 0.1) is 5.92 Å². The summed E-state index contributed by atoms with van der Waals surface area (Å²) >= 11 is 0. The minimum absolute atomic E-state index is 0.0797. The predicted octanol–water partition coefficient (Wildman–Crippen LogP) is 2.49. The Balaban J connectivity index is 1.22. The number of nitrogens with zero attached hydrogens (tertiary/aromatic N) is 3. The lowest BCUT2D eigenvalue weighted by atomic mass is 9.93. The Morgan fingerprint density at radius 1 is 1.16 bits per heavy atom. The molecule has 2 aromatic heterocycles. The number of hydrogen-bond donors (Lipinski definition) is 2. The largest absolute Gasteiger partial charge is 0.355 e. The Hall–Kier alpha value is -3.52. The van der Waals surface area contributed by atoms with E-state index in [-0.39, 0.29) is 24.2 Å². The number of hydrogen-bond acceptors (Lipinski definition) is 6. The Kier molecular flexibility index (Phi) is 6.91. The van der Waals surface area contributed by atoms with E-state index in [9.17, 15) is 9.59 Å². The van der Waals surface area contributed by atoms with Crippen LogP contribution < -0.4 is 10.6 Å². The van der Waals surface area contributed by atoms with Crippen molar-refractivity contribution in [3.63, 3.8) is 0 Å². The number of nitrogens with one attached hydrogen (secondary N) is 2. The van der Waals surface area contributed by atoms with E-state index in [0.717, 1.165) is 37.3 Å². The summed E-state index contributed by atoms with van der Waals surface area (Å²) in [5, 5.41) is 9.48. The van der Waals surface area contributed by atoms with E-state index < -0.39 is 5.91 Å². The molecular weight excluding hydrogens is 406 g/mol. The van der Waals surface area contributed by atoms with E-state index in [1.54, 1.807) is 6.07 Å². The third-order valence-corrected chi connectivity index (χ3v) is 5.66. The van der Waals surface area contributed by atoms with Gasteiger partial charge in [0.25, 0.3) is 5.91 Å². The maximum atomic E-state index is 12.4. The number of benzene rings is 1. The molecule has 4 rings (SSSR count). The molecule has 166 valence electrons. The lowest BCUT2D eigenvalue weighted by Crippen LogP contribution is -2.51. The van der Waals surface area contributed by atoms with Gasteiger partial charge in [-0.2, -0.15) is 0 Å². The second kappa shape index (κ2) is 10.2. The van der Waals surface area contributed by atoms with E-state index in [4.69, 9.17) is 4.52 Å². The summed E-state index contributed by atoms with van der Waals surface area (Å²) in [6.45, 7) is 4.61. The van der Waals surface area contributed by atoms with Crippen molar-refractivity contribution in [3.8, 4) is 11.3 Å². The molecule has 1 aromatic carbocycles. The molecule has 32 heavy (non-hydrogen) atoms. The fourth-order valence-corrected chi connectivity index (χ4v) is 3.94. The molecule has 2 N–H and O–H groups in total. The zero-order valence-corrected chi connectivity index (χ0v) is 18.0. The highest BCUT2D eigenvalue weighted by atomic mass is 16.5. The van der Waals surface area contributed by atoms with Crippen LogP contribution in [0.15, 0.2) is 65.3 Å². The molecule has 2 unspecified atom stereocenters. The first-order chi connectivity index (χ1) is 15.6. The molecule has 1 saturated heterocycles. The third-order valence-electron chi connectivity index (χ3n) is 5.66. The lowest BCUT2D eigenvalue weighted by molar-refractivity contribution is -0.121. The SMILES string of the molecule is CC1CN(Cc2ccccn2)CCC1NC(=O)CNC(=O)c1cc(-c2ccccc2)on1. The second-order valence-corrected chi connectivity index (χ2v) is 8.12. The van der Waals surface area contributed by atoms with Crippen LogP contribution in [0.5, 0.6) is 0 Å². The second-order valence-electron chi connectivity index (χ2n) is 8.12. The zero-order chi connectivity index (χ0) is 22.3. The quantitative estimate of drug-likeness (QED) is 0.594. The molecule has 1 fully saturated rings. The first-order valence-electron chi connectivity index (χ1n) is 10.8. The molecule has 3 aromatic rings. The first-order valence-corrected chi connectivity index (χ1v) is 10.8. The Morgan fingerprint density at radius 2 is 1.97 bits per heavy atom. The Bertz CT molecular complexity index is 1040. The zero-order valence-electron chi connectivity index (χ0n) is 18.0. The highest BCUT2D eigenvalue weighted by Gasteiger charge is 2.27. The lowest BCUT2D eigenvalue weighted by Gasteiger charge is -2.37. The van der Waals surface area contributed by atoms with Crippen molar-refractivity contribution >= 4 is 11.8 Å². The highest BCUT2D eigenvalue weighted by molar-refractivity contribution is 5.95. The third kappa shape index (κ3) is 5.59. The van der Waals surface area contributed by atoms with E-state index >= 15 is 0 Å². The summed E-state index contributed by atoms with van der Waals surface area (Å²) in [5.41, 5.74) is 2.03. The topological polar surface area (TPSA) is 100 Å². The van der Waals surface area contributed by atoms with Gasteiger partial charge in [0.15, 0.2) is 11.5 Å². The average molecular weight is 434 g/mol. The van der Waals surface area contributed by atoms with E-state index in [1.807, 2.05) is 54.7 Å². The van der Waals surface area contributed by atoms with Crippen molar-refractivity contribution in [2.45, 2.75) is 25.9 Å². The minimum atomic E-state index is -0.440. The summed E-state index contributed by atoms with van der Waals surface area (Å²) in [4.78, 5) is 31.5. The van der Waals surface area contributed by atoms with Crippen LogP contribution in [0.4, 0.5) is 0 Å². The summed E-state index contributed by atoms with van der Waals surface area (Å²) < 4.78 is 5.25. The van der Waals surface area contributed by atoms with Gasteiger partial charge in [0, 0.05) is 43.5 Å². The number of carbonyl (C=O) groups excluding carboxylic acids is 2. The molecule has 2 amide bonds. The van der Waals surface area contributed by atoms with Gasteiger partial charge in [-0.25, -0.2) is 0 Å². The van der Waals surface area contributed by atoms with Gasteiger partial charge < -0.3 is 15.2 Å². The van der Waals surface area contributed by atoms with Gasteiger partial charge >= 0.3 is 0 Å². The molecule has 8 heteroatoms. The van der Waals surface area contributed by atoms with Crippen molar-refractivity contribution < 1.29 is 14.1 Å². The van der Waals surface area contributed by atoms with Crippen LogP contribution >= 0.6 is 0 Å². The maximum absolute atomic E-state index is 12.4. The molecule has 2 atom stereocenters. The molecule has 8 nitrogen and oxygen atoms in total. The summed E-state index contributed by atoms with van der Waals surface area (Å²) in [7, 11) is 0. The Morgan fingerprint density at radius 3 is 2.72 bits per heavy atom. The molecule has 0 radical (unpaired) electrons. The minimum Gasteiger partial charge on any atom is -0.355 e. The molecule has 1 aliphatic rings. The van der Waals surface area contributed by atoms with Gasteiger partial charge in [-0.05, 0) is 24.5 Å². The van der Waals surface area contributed by atoms with Crippen LogP contribution in [0.3, 0.4) is 0 Å². The van der Waals surface area contributed by atoms with E-state index in [1.165, 1.54) is 0 Å².